The van der Waals surface area contributed by atoms with Gasteiger partial charge in [0.05, 0.1) is 12.5 Å². The first-order valence-electron chi connectivity index (χ1n) is 11.9. The molecule has 6 nitrogen and oxygen atoms in total. The lowest BCUT2D eigenvalue weighted by Crippen LogP contribution is -2.40. The number of rotatable bonds is 5. The Morgan fingerprint density at radius 2 is 1.80 bits per heavy atom. The summed E-state index contributed by atoms with van der Waals surface area (Å²) in [5.41, 5.74) is 1.88. The SMILES string of the molecule is Cc1nc(C2CCCCN2C(=O)CC(C)C)nc2c1CC(=O)N2CC1CCCCC1. The van der Waals surface area contributed by atoms with E-state index >= 15 is 0 Å². The van der Waals surface area contributed by atoms with E-state index in [4.69, 9.17) is 9.97 Å². The zero-order valence-corrected chi connectivity index (χ0v) is 18.8. The Kier molecular flexibility index (Phi) is 6.40. The minimum Gasteiger partial charge on any atom is -0.332 e. The van der Waals surface area contributed by atoms with Gasteiger partial charge < -0.3 is 4.90 Å². The monoisotopic (exact) mass is 412 g/mol. The molecule has 164 valence electrons. The Bertz CT molecular complexity index is 801. The number of hydrogen-bond acceptors (Lipinski definition) is 4. The summed E-state index contributed by atoms with van der Waals surface area (Å²) in [6, 6.07) is -0.0683. The number of aryl methyl sites for hydroxylation is 1. The lowest BCUT2D eigenvalue weighted by atomic mass is 9.89. The van der Waals surface area contributed by atoms with Gasteiger partial charge in [0.25, 0.3) is 0 Å². The van der Waals surface area contributed by atoms with Gasteiger partial charge >= 0.3 is 0 Å². The van der Waals surface area contributed by atoms with E-state index in [1.165, 1.54) is 32.1 Å². The van der Waals surface area contributed by atoms with Crippen LogP contribution in [-0.2, 0) is 16.0 Å². The van der Waals surface area contributed by atoms with Crippen LogP contribution >= 0.6 is 0 Å². The van der Waals surface area contributed by atoms with E-state index in [9.17, 15) is 9.59 Å². The molecule has 2 fully saturated rings. The van der Waals surface area contributed by atoms with Crippen LogP contribution in [0.5, 0.6) is 0 Å². The van der Waals surface area contributed by atoms with Crippen molar-refractivity contribution in [2.75, 3.05) is 18.0 Å². The summed E-state index contributed by atoms with van der Waals surface area (Å²) in [5.74, 6) is 2.81. The molecule has 1 atom stereocenters. The molecule has 1 aromatic heterocycles. The van der Waals surface area contributed by atoms with Crippen molar-refractivity contribution < 1.29 is 9.59 Å². The Morgan fingerprint density at radius 3 is 2.53 bits per heavy atom. The zero-order chi connectivity index (χ0) is 21.3. The normalized spacial score (nSPS) is 22.7. The number of nitrogens with zero attached hydrogens (tertiary/aromatic N) is 4. The standard InChI is InChI=1S/C24H36N4O2/c1-16(2)13-21(29)27-12-8-7-11-20(27)23-25-17(3)19-14-22(30)28(24(19)26-23)15-18-9-5-4-6-10-18/h16,18,20H,4-15H2,1-3H3. The van der Waals surface area contributed by atoms with E-state index < -0.39 is 0 Å². The number of hydrogen-bond donors (Lipinski definition) is 0. The summed E-state index contributed by atoms with van der Waals surface area (Å²) in [6.07, 6.45) is 10.3. The van der Waals surface area contributed by atoms with Gasteiger partial charge in [-0.25, -0.2) is 9.97 Å². The molecule has 1 saturated carbocycles. The van der Waals surface area contributed by atoms with Crippen LogP contribution in [0.25, 0.3) is 0 Å². The Balaban J connectivity index is 1.61. The first-order valence-corrected chi connectivity index (χ1v) is 11.9. The lowest BCUT2D eigenvalue weighted by Gasteiger charge is -2.35. The molecule has 1 aromatic rings. The highest BCUT2D eigenvalue weighted by atomic mass is 16.2. The Morgan fingerprint density at radius 1 is 1.07 bits per heavy atom. The van der Waals surface area contributed by atoms with Crippen molar-refractivity contribution in [1.82, 2.24) is 14.9 Å². The maximum atomic E-state index is 12.9. The number of likely N-dealkylation sites (tertiary alicyclic amines) is 1. The third-order valence-electron chi connectivity index (χ3n) is 6.96. The largest absolute Gasteiger partial charge is 0.332 e. The van der Waals surface area contributed by atoms with Crippen molar-refractivity contribution in [3.8, 4) is 0 Å². The highest BCUT2D eigenvalue weighted by molar-refractivity contribution is 6.00. The maximum absolute atomic E-state index is 12.9. The Labute approximate surface area is 180 Å². The molecule has 6 heteroatoms. The third kappa shape index (κ3) is 4.37. The molecule has 2 aliphatic heterocycles. The number of carbonyl (C=O) groups is 2. The summed E-state index contributed by atoms with van der Waals surface area (Å²) >= 11 is 0. The van der Waals surface area contributed by atoms with Crippen molar-refractivity contribution in [1.29, 1.82) is 0 Å². The molecule has 0 aromatic carbocycles. The fourth-order valence-electron chi connectivity index (χ4n) is 5.33. The minimum absolute atomic E-state index is 0.0683. The van der Waals surface area contributed by atoms with E-state index in [0.29, 0.717) is 24.7 Å². The zero-order valence-electron chi connectivity index (χ0n) is 18.8. The fourth-order valence-corrected chi connectivity index (χ4v) is 5.33. The van der Waals surface area contributed by atoms with E-state index in [1.807, 2.05) is 16.7 Å². The molecule has 1 unspecified atom stereocenters. The topological polar surface area (TPSA) is 66.4 Å². The number of carbonyl (C=O) groups excluding carboxylic acids is 2. The predicted octanol–water partition coefficient (Wildman–Crippen LogP) is 4.35. The average Bonchev–Trinajstić information content (AvgIpc) is 3.04. The molecule has 3 heterocycles. The van der Waals surface area contributed by atoms with Gasteiger partial charge in [-0.05, 0) is 50.9 Å². The number of fused-ring (bicyclic) bond motifs is 1. The second-order valence-corrected chi connectivity index (χ2v) is 9.85. The number of anilines is 1. The quantitative estimate of drug-likeness (QED) is 0.721. The molecule has 2 amide bonds. The van der Waals surface area contributed by atoms with Crippen molar-refractivity contribution in [2.24, 2.45) is 11.8 Å². The minimum atomic E-state index is -0.0683. The predicted molar refractivity (Wildman–Crippen MR) is 117 cm³/mol. The van der Waals surface area contributed by atoms with E-state index in [2.05, 4.69) is 13.8 Å². The van der Waals surface area contributed by atoms with Gasteiger partial charge in [0, 0.05) is 30.8 Å². The molecular weight excluding hydrogens is 376 g/mol. The molecule has 3 aliphatic rings. The van der Waals surface area contributed by atoms with Crippen LogP contribution in [0.4, 0.5) is 5.82 Å². The summed E-state index contributed by atoms with van der Waals surface area (Å²) < 4.78 is 0. The van der Waals surface area contributed by atoms with Gasteiger partial charge in [-0.1, -0.05) is 33.1 Å². The van der Waals surface area contributed by atoms with E-state index in [0.717, 1.165) is 55.3 Å². The summed E-state index contributed by atoms with van der Waals surface area (Å²) in [7, 11) is 0. The fraction of sp³-hybridized carbons (Fsp3) is 0.750. The van der Waals surface area contributed by atoms with Crippen LogP contribution in [0.15, 0.2) is 0 Å². The highest BCUT2D eigenvalue weighted by Crippen LogP contribution is 2.36. The van der Waals surface area contributed by atoms with Gasteiger partial charge in [-0.15, -0.1) is 0 Å². The first-order chi connectivity index (χ1) is 14.4. The summed E-state index contributed by atoms with van der Waals surface area (Å²) in [6.45, 7) is 7.72. The van der Waals surface area contributed by atoms with Crippen LogP contribution in [0, 0.1) is 18.8 Å². The molecular formula is C24H36N4O2. The lowest BCUT2D eigenvalue weighted by molar-refractivity contribution is -0.136. The summed E-state index contributed by atoms with van der Waals surface area (Å²) in [4.78, 5) is 39.4. The molecule has 0 radical (unpaired) electrons. The molecule has 0 N–H and O–H groups in total. The van der Waals surface area contributed by atoms with Crippen molar-refractivity contribution in [2.45, 2.75) is 91.0 Å². The second-order valence-electron chi connectivity index (χ2n) is 9.85. The van der Waals surface area contributed by atoms with E-state index in [1.54, 1.807) is 0 Å². The molecule has 1 saturated heterocycles. The third-order valence-corrected chi connectivity index (χ3v) is 6.96. The van der Waals surface area contributed by atoms with Gasteiger partial charge in [-0.2, -0.15) is 0 Å². The van der Waals surface area contributed by atoms with Crippen LogP contribution < -0.4 is 4.90 Å². The number of amides is 2. The van der Waals surface area contributed by atoms with E-state index in [-0.39, 0.29) is 17.9 Å². The Hall–Kier alpha value is -1.98. The van der Waals surface area contributed by atoms with Crippen molar-refractivity contribution >= 4 is 17.6 Å². The molecule has 1 aliphatic carbocycles. The number of aromatic nitrogens is 2. The van der Waals surface area contributed by atoms with Gasteiger partial charge in [-0.3, -0.25) is 14.5 Å². The molecule has 0 bridgehead atoms. The van der Waals surface area contributed by atoms with Gasteiger partial charge in [0.1, 0.15) is 5.82 Å². The average molecular weight is 413 g/mol. The van der Waals surface area contributed by atoms with Crippen molar-refractivity contribution in [3.05, 3.63) is 17.1 Å². The molecule has 30 heavy (non-hydrogen) atoms. The highest BCUT2D eigenvalue weighted by Gasteiger charge is 2.36. The molecule has 0 spiro atoms. The maximum Gasteiger partial charge on any atom is 0.232 e. The smallest absolute Gasteiger partial charge is 0.232 e. The van der Waals surface area contributed by atoms with Crippen LogP contribution in [0.1, 0.15) is 94.8 Å². The van der Waals surface area contributed by atoms with Crippen LogP contribution in [0.3, 0.4) is 0 Å². The van der Waals surface area contributed by atoms with Crippen LogP contribution in [0.2, 0.25) is 0 Å². The number of piperidine rings is 1. The summed E-state index contributed by atoms with van der Waals surface area (Å²) in [5, 5.41) is 0. The van der Waals surface area contributed by atoms with Gasteiger partial charge in [0.15, 0.2) is 5.82 Å². The van der Waals surface area contributed by atoms with Crippen LogP contribution in [-0.4, -0.2) is 39.8 Å². The molecule has 4 rings (SSSR count). The first kappa shape index (κ1) is 21.3. The van der Waals surface area contributed by atoms with Gasteiger partial charge in [0.2, 0.25) is 11.8 Å². The second kappa shape index (κ2) is 9.03. The van der Waals surface area contributed by atoms with Crippen molar-refractivity contribution in [3.63, 3.8) is 0 Å².